The fourth-order valence-electron chi connectivity index (χ4n) is 9.25. The van der Waals surface area contributed by atoms with Crippen molar-refractivity contribution in [1.82, 2.24) is 4.57 Å². The Labute approximate surface area is 273 Å². The van der Waals surface area contributed by atoms with Crippen LogP contribution in [0.5, 0.6) is 0 Å². The van der Waals surface area contributed by atoms with E-state index in [0.717, 1.165) is 0 Å². The van der Waals surface area contributed by atoms with E-state index >= 15 is 0 Å². The topological polar surface area (TPSA) is 7.94 Å². The molecule has 0 radical (unpaired) electrons. The van der Waals surface area contributed by atoms with Crippen LogP contribution < -0.4 is 4.90 Å². The molecule has 220 valence electrons. The van der Waals surface area contributed by atoms with Crippen LogP contribution in [0.4, 0.5) is 5.69 Å². The molecule has 47 heavy (non-hydrogen) atoms. The first-order valence-electron chi connectivity index (χ1n) is 16.6. The maximum absolute atomic E-state index is 2.61. The summed E-state index contributed by atoms with van der Waals surface area (Å²) in [5.41, 5.74) is 15.6. The van der Waals surface area contributed by atoms with Crippen LogP contribution in [0.3, 0.4) is 0 Å². The molecular formula is C45H30N2. The van der Waals surface area contributed by atoms with Gasteiger partial charge in [0.05, 0.1) is 22.5 Å². The van der Waals surface area contributed by atoms with E-state index in [0.29, 0.717) is 12.2 Å². The summed E-state index contributed by atoms with van der Waals surface area (Å²) in [6.45, 7) is 0. The number of anilines is 1. The maximum atomic E-state index is 2.61. The molecule has 1 saturated heterocycles. The van der Waals surface area contributed by atoms with Crippen LogP contribution in [0, 0.1) is 0 Å². The van der Waals surface area contributed by atoms with Gasteiger partial charge in [0.2, 0.25) is 0 Å². The summed E-state index contributed by atoms with van der Waals surface area (Å²) in [6.07, 6.45) is 0.301. The SMILES string of the molecule is c1ccc(N2C3c4c(-c5ccc6c(c5)-c5ccccc5C6(c5ccccc5)c5ccccc5)ccc5c6ccccc6n(c45)[C@@H]32)cc1. The van der Waals surface area contributed by atoms with Crippen LogP contribution in [0.2, 0.25) is 0 Å². The molecule has 1 aliphatic carbocycles. The molecule has 2 atom stereocenters. The number of para-hydroxylation sites is 2. The summed E-state index contributed by atoms with van der Waals surface area (Å²) in [4.78, 5) is 2.59. The van der Waals surface area contributed by atoms with Gasteiger partial charge in [0.15, 0.2) is 0 Å². The first-order valence-corrected chi connectivity index (χ1v) is 16.6. The average molecular weight is 599 g/mol. The minimum absolute atomic E-state index is 0.301. The van der Waals surface area contributed by atoms with E-state index < -0.39 is 0 Å². The maximum Gasteiger partial charge on any atom is 0.132 e. The summed E-state index contributed by atoms with van der Waals surface area (Å²) < 4.78 is 2.61. The molecule has 11 rings (SSSR count). The molecule has 0 N–H and O–H groups in total. The second kappa shape index (κ2) is 9.11. The Morgan fingerprint density at radius 2 is 1.11 bits per heavy atom. The highest BCUT2D eigenvalue weighted by molar-refractivity contribution is 6.13. The van der Waals surface area contributed by atoms with Crippen molar-refractivity contribution in [3.05, 3.63) is 198 Å². The van der Waals surface area contributed by atoms with Crippen LogP contribution in [-0.2, 0) is 5.41 Å². The van der Waals surface area contributed by atoms with Crippen molar-refractivity contribution in [3.8, 4) is 22.3 Å². The van der Waals surface area contributed by atoms with Crippen LogP contribution in [0.15, 0.2) is 170 Å². The van der Waals surface area contributed by atoms with Gasteiger partial charge in [-0.25, -0.2) is 0 Å². The standard InChI is InChI=1S/C45H30N2/c1-4-14-30(15-5-1)45(31-16-6-2-7-17-31)38-22-12-10-20-34(38)37-28-29(24-27-39(37)45)33-25-26-36-35-21-11-13-23-40(35)47-42(36)41(33)43-44(47)46(43)32-18-8-3-9-19-32/h1-28,43-44H/t43?,44-,46?/m0/s1. The van der Waals surface area contributed by atoms with Crippen LogP contribution in [0.25, 0.3) is 44.1 Å². The average Bonchev–Trinajstić information content (AvgIpc) is 3.47. The highest BCUT2D eigenvalue weighted by Gasteiger charge is 2.57. The molecule has 2 aliphatic heterocycles. The van der Waals surface area contributed by atoms with Crippen molar-refractivity contribution >= 4 is 27.5 Å². The van der Waals surface area contributed by atoms with Crippen molar-refractivity contribution in [1.29, 1.82) is 0 Å². The Hall–Kier alpha value is -5.86. The van der Waals surface area contributed by atoms with E-state index in [-0.39, 0.29) is 5.41 Å². The Balaban J connectivity index is 1.17. The Morgan fingerprint density at radius 1 is 0.468 bits per heavy atom. The zero-order valence-electron chi connectivity index (χ0n) is 25.7. The molecule has 2 heteroatoms. The Bertz CT molecular complexity index is 2490. The molecule has 1 fully saturated rings. The van der Waals surface area contributed by atoms with Crippen LogP contribution in [-0.4, -0.2) is 4.57 Å². The summed E-state index contributed by atoms with van der Waals surface area (Å²) in [6, 6.07) is 63.4. The Morgan fingerprint density at radius 3 is 1.87 bits per heavy atom. The first-order chi connectivity index (χ1) is 23.4. The Kier molecular flexibility index (Phi) is 4.91. The van der Waals surface area contributed by atoms with Gasteiger partial charge in [-0.1, -0.05) is 146 Å². The fourth-order valence-corrected chi connectivity index (χ4v) is 9.25. The molecule has 8 aromatic rings. The van der Waals surface area contributed by atoms with Crippen molar-refractivity contribution < 1.29 is 0 Å². The molecule has 1 aromatic heterocycles. The number of benzene rings is 7. The van der Waals surface area contributed by atoms with Gasteiger partial charge < -0.3 is 9.47 Å². The third kappa shape index (κ3) is 3.15. The molecule has 3 heterocycles. The smallest absolute Gasteiger partial charge is 0.132 e. The zero-order chi connectivity index (χ0) is 30.7. The lowest BCUT2D eigenvalue weighted by Gasteiger charge is -2.33. The minimum atomic E-state index is -0.383. The summed E-state index contributed by atoms with van der Waals surface area (Å²) in [5, 5.41) is 2.70. The third-order valence-electron chi connectivity index (χ3n) is 11.1. The first kappa shape index (κ1) is 25.3. The number of hydrogen-bond acceptors (Lipinski definition) is 1. The molecule has 7 aromatic carbocycles. The predicted molar refractivity (Wildman–Crippen MR) is 193 cm³/mol. The van der Waals surface area contributed by atoms with E-state index in [9.17, 15) is 0 Å². The normalized spacial score (nSPS) is 17.9. The fraction of sp³-hybridized carbons (Fsp3) is 0.0667. The highest BCUT2D eigenvalue weighted by Crippen LogP contribution is 2.65. The number of fused-ring (bicyclic) bond motifs is 9. The molecule has 0 saturated carbocycles. The molecule has 0 amide bonds. The second-order valence-corrected chi connectivity index (χ2v) is 13.2. The third-order valence-corrected chi connectivity index (χ3v) is 11.1. The van der Waals surface area contributed by atoms with E-state index in [4.69, 9.17) is 0 Å². The van der Waals surface area contributed by atoms with Gasteiger partial charge in [-0.15, -0.1) is 0 Å². The lowest BCUT2D eigenvalue weighted by Crippen LogP contribution is -2.28. The van der Waals surface area contributed by atoms with Crippen molar-refractivity contribution in [2.24, 2.45) is 0 Å². The molecular weight excluding hydrogens is 569 g/mol. The predicted octanol–water partition coefficient (Wildman–Crippen LogP) is 10.9. The summed E-state index contributed by atoms with van der Waals surface area (Å²) in [5.74, 6) is 0. The van der Waals surface area contributed by atoms with Crippen molar-refractivity contribution in [2.75, 3.05) is 4.90 Å². The number of aromatic nitrogens is 1. The zero-order valence-corrected chi connectivity index (χ0v) is 25.7. The molecule has 0 bridgehead atoms. The molecule has 0 spiro atoms. The molecule has 2 nitrogen and oxygen atoms in total. The van der Waals surface area contributed by atoms with E-state index in [1.54, 1.807) is 0 Å². The second-order valence-electron chi connectivity index (χ2n) is 13.2. The quantitative estimate of drug-likeness (QED) is 0.183. The number of nitrogens with zero attached hydrogens (tertiary/aromatic N) is 2. The highest BCUT2D eigenvalue weighted by atomic mass is 15.5. The van der Waals surface area contributed by atoms with Crippen LogP contribution in [0.1, 0.15) is 40.0 Å². The van der Waals surface area contributed by atoms with Gasteiger partial charge in [0.25, 0.3) is 0 Å². The van der Waals surface area contributed by atoms with Crippen molar-refractivity contribution in [3.63, 3.8) is 0 Å². The van der Waals surface area contributed by atoms with Crippen LogP contribution >= 0.6 is 0 Å². The molecule has 1 unspecified atom stereocenters. The van der Waals surface area contributed by atoms with E-state index in [2.05, 4.69) is 179 Å². The van der Waals surface area contributed by atoms with Crippen molar-refractivity contribution in [2.45, 2.75) is 17.6 Å². The summed E-state index contributed by atoms with van der Waals surface area (Å²) in [7, 11) is 0. The van der Waals surface area contributed by atoms with Gasteiger partial charge in [-0.3, -0.25) is 0 Å². The van der Waals surface area contributed by atoms with E-state index in [1.807, 2.05) is 0 Å². The minimum Gasteiger partial charge on any atom is -0.337 e. The lowest BCUT2D eigenvalue weighted by molar-refractivity contribution is 0.768. The summed E-state index contributed by atoms with van der Waals surface area (Å²) >= 11 is 0. The largest absolute Gasteiger partial charge is 0.337 e. The van der Waals surface area contributed by atoms with Gasteiger partial charge >= 0.3 is 0 Å². The number of hydrogen-bond donors (Lipinski definition) is 0. The van der Waals surface area contributed by atoms with Gasteiger partial charge in [0.1, 0.15) is 6.17 Å². The van der Waals surface area contributed by atoms with Gasteiger partial charge in [-0.2, -0.15) is 0 Å². The molecule has 3 aliphatic rings. The van der Waals surface area contributed by atoms with Gasteiger partial charge in [0, 0.05) is 22.0 Å². The monoisotopic (exact) mass is 598 g/mol. The number of rotatable bonds is 4. The van der Waals surface area contributed by atoms with E-state index in [1.165, 1.54) is 77.6 Å². The lowest BCUT2D eigenvalue weighted by atomic mass is 9.67. The van der Waals surface area contributed by atoms with Gasteiger partial charge in [-0.05, 0) is 68.8 Å².